The molecule has 1 aliphatic heterocycles. The molecule has 1 atom stereocenters. The van der Waals surface area contributed by atoms with Crippen LogP contribution in [0.2, 0.25) is 0 Å². The summed E-state index contributed by atoms with van der Waals surface area (Å²) < 4.78 is 68.4. The van der Waals surface area contributed by atoms with Gasteiger partial charge in [-0.15, -0.1) is 22.0 Å². The number of fused-ring (bicyclic) bond motifs is 1. The van der Waals surface area contributed by atoms with E-state index in [4.69, 9.17) is 0 Å². The molecule has 4 rings (SSSR count). The summed E-state index contributed by atoms with van der Waals surface area (Å²) in [7, 11) is -8.80. The molecule has 0 radical (unpaired) electrons. The quantitative estimate of drug-likeness (QED) is 0.455. The van der Waals surface area contributed by atoms with Gasteiger partial charge in [0.05, 0.1) is 31.6 Å². The minimum atomic E-state index is -4.45. The van der Waals surface area contributed by atoms with Crippen molar-refractivity contribution < 1.29 is 25.9 Å². The van der Waals surface area contributed by atoms with Gasteiger partial charge in [-0.2, -0.15) is 16.8 Å². The number of aryl methyl sites for hydroxylation is 1. The van der Waals surface area contributed by atoms with Crippen LogP contribution in [0.15, 0.2) is 56.1 Å². The average molecular weight is 517 g/mol. The Morgan fingerprint density at radius 2 is 1.88 bits per heavy atom. The fourth-order valence-corrected chi connectivity index (χ4v) is 7.24. The van der Waals surface area contributed by atoms with Gasteiger partial charge in [-0.25, -0.2) is 0 Å². The Morgan fingerprint density at radius 3 is 2.50 bits per heavy atom. The van der Waals surface area contributed by atoms with Gasteiger partial charge in [0.25, 0.3) is 20.2 Å². The second kappa shape index (κ2) is 8.43. The molecular formula is C18H20N4O6S4. The first-order valence-electron chi connectivity index (χ1n) is 9.54. The number of likely N-dealkylation sites (N-methyl/N-ethyl adjacent to an activating group) is 1. The van der Waals surface area contributed by atoms with Crippen LogP contribution in [0.25, 0.3) is 10.2 Å². The van der Waals surface area contributed by atoms with Gasteiger partial charge in [0.15, 0.2) is 0 Å². The van der Waals surface area contributed by atoms with Crippen molar-refractivity contribution in [2.45, 2.75) is 30.5 Å². The molecule has 0 spiro atoms. The maximum Gasteiger partial charge on any atom is 0.294 e. The van der Waals surface area contributed by atoms with E-state index in [2.05, 4.69) is 15.1 Å². The van der Waals surface area contributed by atoms with E-state index in [-0.39, 0.29) is 10.6 Å². The summed E-state index contributed by atoms with van der Waals surface area (Å²) >= 11 is 2.59. The molecular weight excluding hydrogens is 496 g/mol. The van der Waals surface area contributed by atoms with Crippen LogP contribution in [0.5, 0.6) is 0 Å². The maximum atomic E-state index is 12.0. The average Bonchev–Trinajstić information content (AvgIpc) is 3.30. The summed E-state index contributed by atoms with van der Waals surface area (Å²) in [5.74, 6) is 0.638. The molecule has 2 aliphatic rings. The molecule has 0 saturated carbocycles. The van der Waals surface area contributed by atoms with Crippen molar-refractivity contribution in [2.24, 2.45) is 10.2 Å². The van der Waals surface area contributed by atoms with E-state index in [1.165, 1.54) is 30.0 Å². The minimum Gasteiger partial charge on any atom is -0.361 e. The molecule has 1 aromatic heterocycles. The normalized spacial score (nSPS) is 21.2. The number of allylic oxidation sites excluding steroid dienone is 2. The number of hydrogen-bond donors (Lipinski definition) is 2. The van der Waals surface area contributed by atoms with Crippen LogP contribution in [-0.2, 0) is 26.8 Å². The van der Waals surface area contributed by atoms with Crippen LogP contribution in [-0.4, -0.2) is 58.8 Å². The number of thiazole rings is 1. The lowest BCUT2D eigenvalue weighted by molar-refractivity contribution is 0.445. The number of rotatable bonds is 5. The Bertz CT molecular complexity index is 1460. The molecule has 0 bridgehead atoms. The lowest BCUT2D eigenvalue weighted by Gasteiger charge is -2.21. The number of nitrogens with zero attached hydrogens (tertiary/aromatic N) is 4. The summed E-state index contributed by atoms with van der Waals surface area (Å²) in [5, 5.41) is 7.21. The van der Waals surface area contributed by atoms with E-state index >= 15 is 0 Å². The van der Waals surface area contributed by atoms with Crippen molar-refractivity contribution in [3.05, 3.63) is 45.8 Å². The van der Waals surface area contributed by atoms with Gasteiger partial charge in [-0.05, 0) is 38.1 Å². The highest BCUT2D eigenvalue weighted by molar-refractivity contribution is 8.04. The zero-order chi connectivity index (χ0) is 23.3. The fraction of sp³-hybridized carbons (Fsp3) is 0.333. The molecule has 1 unspecified atom stereocenters. The summed E-state index contributed by atoms with van der Waals surface area (Å²) in [4.78, 5) is 2.91. The summed E-state index contributed by atoms with van der Waals surface area (Å²) in [6, 6.07) is 4.23. The molecule has 0 saturated heterocycles. The predicted octanol–water partition coefficient (Wildman–Crippen LogP) is 2.29. The lowest BCUT2D eigenvalue weighted by Crippen LogP contribution is -2.32. The van der Waals surface area contributed by atoms with Gasteiger partial charge in [0.1, 0.15) is 11.0 Å². The van der Waals surface area contributed by atoms with Gasteiger partial charge in [0.2, 0.25) is 4.80 Å². The van der Waals surface area contributed by atoms with Crippen LogP contribution in [0.1, 0.15) is 13.8 Å². The van der Waals surface area contributed by atoms with E-state index in [1.807, 2.05) is 13.8 Å². The summed E-state index contributed by atoms with van der Waals surface area (Å²) in [5.41, 5.74) is 1.68. The van der Waals surface area contributed by atoms with Crippen LogP contribution >= 0.6 is 23.1 Å². The maximum absolute atomic E-state index is 12.0. The Labute approximate surface area is 193 Å². The molecule has 2 N–H and O–H groups in total. The Hall–Kier alpha value is -1.97. The Kier molecular flexibility index (Phi) is 6.11. The molecule has 10 nitrogen and oxygen atoms in total. The van der Waals surface area contributed by atoms with Crippen molar-refractivity contribution in [3.63, 3.8) is 0 Å². The second-order valence-electron chi connectivity index (χ2n) is 6.96. The van der Waals surface area contributed by atoms with Crippen molar-refractivity contribution in [1.29, 1.82) is 0 Å². The molecule has 2 heterocycles. The smallest absolute Gasteiger partial charge is 0.294 e. The highest BCUT2D eigenvalue weighted by Gasteiger charge is 2.37. The van der Waals surface area contributed by atoms with E-state index in [0.29, 0.717) is 32.3 Å². The van der Waals surface area contributed by atoms with Crippen molar-refractivity contribution in [1.82, 2.24) is 9.47 Å². The van der Waals surface area contributed by atoms with Crippen LogP contribution < -0.4 is 4.80 Å². The molecule has 32 heavy (non-hydrogen) atoms. The monoisotopic (exact) mass is 516 g/mol. The molecule has 2 aromatic rings. The largest absolute Gasteiger partial charge is 0.361 e. The van der Waals surface area contributed by atoms with Crippen molar-refractivity contribution in [2.75, 3.05) is 12.4 Å². The third-order valence-corrected chi connectivity index (χ3v) is 9.13. The van der Waals surface area contributed by atoms with Gasteiger partial charge in [-0.3, -0.25) is 9.11 Å². The SMILES string of the molecule is CCN1CSC2=C1C=CC(S(=O)(=O)O)/C2=N\N=c1\sc2cc(S(=O)(=O)O)ccc2n1CC. The molecule has 1 aromatic carbocycles. The lowest BCUT2D eigenvalue weighted by atomic mass is 10.1. The van der Waals surface area contributed by atoms with Gasteiger partial charge in [-0.1, -0.05) is 17.4 Å². The second-order valence-corrected chi connectivity index (χ2v) is 11.9. The molecule has 14 heteroatoms. The van der Waals surface area contributed by atoms with E-state index in [9.17, 15) is 25.9 Å². The van der Waals surface area contributed by atoms with E-state index in [0.717, 1.165) is 23.6 Å². The fourth-order valence-electron chi connectivity index (χ4n) is 3.51. The van der Waals surface area contributed by atoms with Gasteiger partial charge < -0.3 is 9.47 Å². The third-order valence-electron chi connectivity index (χ3n) is 5.08. The molecule has 0 fully saturated rings. The summed E-state index contributed by atoms with van der Waals surface area (Å²) in [6.45, 7) is 5.11. The highest BCUT2D eigenvalue weighted by Crippen LogP contribution is 2.38. The Balaban J connectivity index is 1.89. The number of hydrogen-bond acceptors (Lipinski definition) is 9. The van der Waals surface area contributed by atoms with Crippen molar-refractivity contribution >= 4 is 59.3 Å². The van der Waals surface area contributed by atoms with E-state index < -0.39 is 25.5 Å². The predicted molar refractivity (Wildman–Crippen MR) is 125 cm³/mol. The third kappa shape index (κ3) is 4.18. The molecule has 1 aliphatic carbocycles. The molecule has 172 valence electrons. The first-order chi connectivity index (χ1) is 15.0. The first kappa shape index (κ1) is 23.2. The van der Waals surface area contributed by atoms with Crippen LogP contribution in [0.3, 0.4) is 0 Å². The van der Waals surface area contributed by atoms with Crippen molar-refractivity contribution in [3.8, 4) is 0 Å². The first-order valence-corrected chi connectivity index (χ1v) is 14.3. The molecule has 0 amide bonds. The van der Waals surface area contributed by atoms with Gasteiger partial charge >= 0.3 is 0 Å². The zero-order valence-corrected chi connectivity index (χ0v) is 20.3. The minimum absolute atomic E-state index is 0.143. The highest BCUT2D eigenvalue weighted by atomic mass is 32.2. The van der Waals surface area contributed by atoms with E-state index in [1.54, 1.807) is 16.7 Å². The number of aromatic nitrogens is 1. The summed E-state index contributed by atoms with van der Waals surface area (Å²) in [6.07, 6.45) is 3.08. The van der Waals surface area contributed by atoms with Crippen LogP contribution in [0.4, 0.5) is 0 Å². The Morgan fingerprint density at radius 1 is 1.12 bits per heavy atom. The zero-order valence-electron chi connectivity index (χ0n) is 17.0. The van der Waals surface area contributed by atoms with Gasteiger partial charge in [0, 0.05) is 13.1 Å². The number of benzene rings is 1. The topological polar surface area (TPSA) is 142 Å². The standard InChI is InChI=1S/C18H20N4O6S4/c1-3-21-10-29-17-13(21)7-8-15(32(26,27)28)16(17)19-20-18-22(4-2)12-6-5-11(31(23,24)25)9-14(12)30-18/h5-9,15H,3-4,10H2,1-2H3,(H,23,24,25)(H,26,27,28)/b19-16+,20-18+. The van der Waals surface area contributed by atoms with Crippen LogP contribution in [0, 0.1) is 0 Å². The number of thioether (sulfide) groups is 1.